The van der Waals surface area contributed by atoms with Crippen molar-refractivity contribution in [3.05, 3.63) is 30.2 Å². The molecule has 0 saturated carbocycles. The minimum atomic E-state index is 0.454. The van der Waals surface area contributed by atoms with E-state index in [4.69, 9.17) is 5.26 Å². The van der Waals surface area contributed by atoms with Crippen LogP contribution in [0.2, 0.25) is 0 Å². The molecule has 12 heavy (non-hydrogen) atoms. The molecule has 2 rings (SSSR count). The van der Waals surface area contributed by atoms with Crippen molar-refractivity contribution >= 4 is 10.9 Å². The molecule has 0 fully saturated rings. The van der Waals surface area contributed by atoms with E-state index in [2.05, 4.69) is 4.98 Å². The number of nitrogens with zero attached hydrogens (tertiary/aromatic N) is 3. The van der Waals surface area contributed by atoms with Gasteiger partial charge in [-0.15, -0.1) is 0 Å². The quantitative estimate of drug-likeness (QED) is 0.586. The Bertz CT molecular complexity index is 467. The van der Waals surface area contributed by atoms with E-state index < -0.39 is 0 Å². The fourth-order valence-corrected chi connectivity index (χ4v) is 1.15. The van der Waals surface area contributed by atoms with Crippen LogP contribution in [0.3, 0.4) is 0 Å². The zero-order chi connectivity index (χ0) is 8.55. The van der Waals surface area contributed by atoms with E-state index in [-0.39, 0.29) is 0 Å². The predicted molar refractivity (Wildman–Crippen MR) is 41.6 cm³/mol. The zero-order valence-corrected chi connectivity index (χ0v) is 6.10. The summed E-state index contributed by atoms with van der Waals surface area (Å²) in [6.45, 7) is 0. The molecule has 0 saturated heterocycles. The number of aromatic nitrogens is 2. The van der Waals surface area contributed by atoms with Crippen molar-refractivity contribution < 1.29 is 5.21 Å². The van der Waals surface area contributed by atoms with Gasteiger partial charge in [-0.3, -0.25) is 4.98 Å². The molecule has 4 heteroatoms. The predicted octanol–water partition coefficient (Wildman–Crippen LogP) is 1.15. The second kappa shape index (κ2) is 2.24. The molecule has 1 N–H and O–H groups in total. The molecule has 2 heterocycles. The van der Waals surface area contributed by atoms with Gasteiger partial charge in [-0.2, -0.15) is 9.99 Å². The molecule has 4 nitrogen and oxygen atoms in total. The molecule has 0 aliphatic carbocycles. The van der Waals surface area contributed by atoms with Crippen LogP contribution in [0.1, 0.15) is 5.56 Å². The van der Waals surface area contributed by atoms with Gasteiger partial charge in [0, 0.05) is 11.6 Å². The van der Waals surface area contributed by atoms with Gasteiger partial charge in [-0.05, 0) is 6.07 Å². The SMILES string of the molecule is N#Cc1cn(O)c2cnccc12. The summed E-state index contributed by atoms with van der Waals surface area (Å²) >= 11 is 0. The summed E-state index contributed by atoms with van der Waals surface area (Å²) in [6.07, 6.45) is 4.46. The second-order valence-corrected chi connectivity index (χ2v) is 2.39. The van der Waals surface area contributed by atoms with Crippen LogP contribution in [0.15, 0.2) is 24.7 Å². The van der Waals surface area contributed by atoms with Gasteiger partial charge >= 0.3 is 0 Å². The molecule has 2 aromatic rings. The standard InChI is InChI=1S/C8H5N3O/c9-3-6-5-11(12)8-4-10-2-1-7(6)8/h1-2,4-5,12H. The van der Waals surface area contributed by atoms with Crippen LogP contribution in [0.4, 0.5) is 0 Å². The highest BCUT2D eigenvalue weighted by atomic mass is 16.5. The van der Waals surface area contributed by atoms with Crippen LogP contribution in [0, 0.1) is 11.3 Å². The minimum absolute atomic E-state index is 0.454. The van der Waals surface area contributed by atoms with Crippen molar-refractivity contribution in [2.24, 2.45) is 0 Å². The number of fused-ring (bicyclic) bond motifs is 1. The average Bonchev–Trinajstić information content (AvgIpc) is 2.44. The monoisotopic (exact) mass is 159 g/mol. The van der Waals surface area contributed by atoms with E-state index in [1.165, 1.54) is 12.4 Å². The van der Waals surface area contributed by atoms with E-state index in [1.54, 1.807) is 12.3 Å². The Labute approximate surface area is 68.3 Å². The Hall–Kier alpha value is -2.02. The highest BCUT2D eigenvalue weighted by molar-refractivity contribution is 5.85. The lowest BCUT2D eigenvalue weighted by Crippen LogP contribution is -1.85. The van der Waals surface area contributed by atoms with Crippen LogP contribution < -0.4 is 0 Å². The first-order valence-corrected chi connectivity index (χ1v) is 3.37. The lowest BCUT2D eigenvalue weighted by Gasteiger charge is -1.90. The molecule has 0 aromatic carbocycles. The topological polar surface area (TPSA) is 61.8 Å². The highest BCUT2D eigenvalue weighted by Crippen LogP contribution is 2.17. The molecule has 2 aromatic heterocycles. The Morgan fingerprint density at radius 3 is 3.17 bits per heavy atom. The second-order valence-electron chi connectivity index (χ2n) is 2.39. The van der Waals surface area contributed by atoms with E-state index in [0.29, 0.717) is 11.1 Å². The fraction of sp³-hybridized carbons (Fsp3) is 0. The first kappa shape index (κ1) is 6.68. The van der Waals surface area contributed by atoms with E-state index in [1.807, 2.05) is 6.07 Å². The van der Waals surface area contributed by atoms with Crippen molar-refractivity contribution in [1.29, 1.82) is 5.26 Å². The number of hydrogen-bond acceptors (Lipinski definition) is 3. The summed E-state index contributed by atoms with van der Waals surface area (Å²) in [6, 6.07) is 3.68. The number of nitriles is 1. The Morgan fingerprint density at radius 2 is 2.42 bits per heavy atom. The average molecular weight is 159 g/mol. The first-order valence-electron chi connectivity index (χ1n) is 3.37. The summed E-state index contributed by atoms with van der Waals surface area (Å²) in [5, 5.41) is 18.6. The van der Waals surface area contributed by atoms with Crippen molar-refractivity contribution in [2.75, 3.05) is 0 Å². The number of pyridine rings is 1. The van der Waals surface area contributed by atoms with Gasteiger partial charge in [-0.1, -0.05) is 0 Å². The zero-order valence-electron chi connectivity index (χ0n) is 6.10. The third kappa shape index (κ3) is 0.736. The molecule has 0 aliphatic rings. The van der Waals surface area contributed by atoms with Gasteiger partial charge in [0.05, 0.1) is 18.0 Å². The smallest absolute Gasteiger partial charge is 0.106 e. The summed E-state index contributed by atoms with van der Waals surface area (Å²) in [5.41, 5.74) is 1.00. The van der Waals surface area contributed by atoms with Crippen molar-refractivity contribution in [3.63, 3.8) is 0 Å². The molecule has 0 spiro atoms. The van der Waals surface area contributed by atoms with Crippen molar-refractivity contribution in [1.82, 2.24) is 9.71 Å². The lowest BCUT2D eigenvalue weighted by atomic mass is 10.2. The van der Waals surface area contributed by atoms with Crippen molar-refractivity contribution in [2.45, 2.75) is 0 Å². The first-order chi connectivity index (χ1) is 5.83. The van der Waals surface area contributed by atoms with Gasteiger partial charge in [0.15, 0.2) is 0 Å². The molecule has 0 atom stereocenters. The van der Waals surface area contributed by atoms with E-state index in [0.717, 1.165) is 10.1 Å². The Balaban J connectivity index is 2.94. The maximum Gasteiger partial charge on any atom is 0.106 e. The van der Waals surface area contributed by atoms with Crippen molar-refractivity contribution in [3.8, 4) is 6.07 Å². The van der Waals surface area contributed by atoms with E-state index >= 15 is 0 Å². The minimum Gasteiger partial charge on any atom is -0.428 e. The van der Waals surface area contributed by atoms with Gasteiger partial charge < -0.3 is 5.21 Å². The molecule has 58 valence electrons. The van der Waals surface area contributed by atoms with E-state index in [9.17, 15) is 5.21 Å². The molecule has 0 bridgehead atoms. The summed E-state index contributed by atoms with van der Waals surface area (Å²) in [7, 11) is 0. The summed E-state index contributed by atoms with van der Waals surface area (Å²) in [4.78, 5) is 3.83. The van der Waals surface area contributed by atoms with Crippen LogP contribution in [-0.4, -0.2) is 14.9 Å². The maximum atomic E-state index is 9.25. The summed E-state index contributed by atoms with van der Waals surface area (Å²) < 4.78 is 0.904. The number of rotatable bonds is 0. The molecular formula is C8H5N3O. The Kier molecular flexibility index (Phi) is 1.25. The third-order valence-corrected chi connectivity index (χ3v) is 1.71. The number of hydrogen-bond donors (Lipinski definition) is 1. The fourth-order valence-electron chi connectivity index (χ4n) is 1.15. The van der Waals surface area contributed by atoms with Crippen LogP contribution >= 0.6 is 0 Å². The largest absolute Gasteiger partial charge is 0.428 e. The van der Waals surface area contributed by atoms with Gasteiger partial charge in [0.1, 0.15) is 11.6 Å². The maximum absolute atomic E-state index is 9.25. The van der Waals surface area contributed by atoms with Crippen LogP contribution in [0.5, 0.6) is 0 Å². The Morgan fingerprint density at radius 1 is 1.58 bits per heavy atom. The molecular weight excluding hydrogens is 154 g/mol. The molecule has 0 amide bonds. The molecule has 0 unspecified atom stereocenters. The van der Waals surface area contributed by atoms with Gasteiger partial charge in [-0.25, -0.2) is 0 Å². The third-order valence-electron chi connectivity index (χ3n) is 1.71. The molecule has 0 aliphatic heterocycles. The van der Waals surface area contributed by atoms with Gasteiger partial charge in [0.25, 0.3) is 0 Å². The highest BCUT2D eigenvalue weighted by Gasteiger charge is 2.05. The lowest BCUT2D eigenvalue weighted by molar-refractivity contribution is 0.200. The normalized spacial score (nSPS) is 9.92. The van der Waals surface area contributed by atoms with Crippen LogP contribution in [-0.2, 0) is 0 Å². The molecule has 0 radical (unpaired) electrons. The summed E-state index contributed by atoms with van der Waals surface area (Å²) in [5.74, 6) is 0. The van der Waals surface area contributed by atoms with Gasteiger partial charge in [0.2, 0.25) is 0 Å². The van der Waals surface area contributed by atoms with Crippen LogP contribution in [0.25, 0.3) is 10.9 Å².